The third-order valence-electron chi connectivity index (χ3n) is 1.72. The summed E-state index contributed by atoms with van der Waals surface area (Å²) in [6.45, 7) is 5.42. The lowest BCUT2D eigenvalue weighted by molar-refractivity contribution is 0.319. The lowest BCUT2D eigenvalue weighted by atomic mass is 10.0. The highest BCUT2D eigenvalue weighted by Crippen LogP contribution is 2.10. The van der Waals surface area contributed by atoms with Gasteiger partial charge < -0.3 is 5.21 Å². The van der Waals surface area contributed by atoms with Crippen LogP contribution in [-0.4, -0.2) is 10.9 Å². The summed E-state index contributed by atoms with van der Waals surface area (Å²) in [5.74, 6) is 0. The minimum absolute atomic E-state index is 0.602. The molecule has 0 heterocycles. The summed E-state index contributed by atoms with van der Waals surface area (Å²) in [7, 11) is 0. The van der Waals surface area contributed by atoms with Gasteiger partial charge in [-0.1, -0.05) is 42.1 Å². The first-order valence-corrected chi connectivity index (χ1v) is 3.70. The second-order valence-electron chi connectivity index (χ2n) is 2.48. The minimum atomic E-state index is 0.602. The van der Waals surface area contributed by atoms with Crippen molar-refractivity contribution in [3.63, 3.8) is 0 Å². The van der Waals surface area contributed by atoms with Crippen LogP contribution in [0.5, 0.6) is 0 Å². The molecule has 1 N–H and O–H groups in total. The highest BCUT2D eigenvalue weighted by Gasteiger charge is 2.00. The van der Waals surface area contributed by atoms with Crippen molar-refractivity contribution in [2.45, 2.75) is 6.92 Å². The van der Waals surface area contributed by atoms with Gasteiger partial charge in [0, 0.05) is 5.56 Å². The minimum Gasteiger partial charge on any atom is -0.411 e. The van der Waals surface area contributed by atoms with E-state index in [4.69, 9.17) is 5.21 Å². The molecule has 2 nitrogen and oxygen atoms in total. The lowest BCUT2D eigenvalue weighted by Crippen LogP contribution is -1.96. The fraction of sp³-hybridized carbons (Fsp3) is 0.100. The van der Waals surface area contributed by atoms with Crippen LogP contribution in [0.2, 0.25) is 0 Å². The number of nitrogens with zero attached hydrogens (tertiary/aromatic N) is 1. The Hall–Kier alpha value is -1.57. The summed E-state index contributed by atoms with van der Waals surface area (Å²) in [5.41, 5.74) is 2.49. The fourth-order valence-corrected chi connectivity index (χ4v) is 1.06. The summed E-state index contributed by atoms with van der Waals surface area (Å²) < 4.78 is 0. The monoisotopic (exact) mass is 161 g/mol. The van der Waals surface area contributed by atoms with E-state index in [1.165, 1.54) is 0 Å². The SMILES string of the molecule is C=Cc1ccccc1/C(C)=N/O. The van der Waals surface area contributed by atoms with Crippen molar-refractivity contribution in [3.05, 3.63) is 42.0 Å². The van der Waals surface area contributed by atoms with Crippen molar-refractivity contribution in [3.8, 4) is 0 Å². The Labute approximate surface area is 71.8 Å². The second kappa shape index (κ2) is 3.72. The standard InChI is InChI=1S/C10H11NO/c1-3-9-6-4-5-7-10(9)8(2)11-12/h3-7,12H,1H2,2H3/b11-8+. The van der Waals surface area contributed by atoms with E-state index < -0.39 is 0 Å². The zero-order chi connectivity index (χ0) is 8.97. The van der Waals surface area contributed by atoms with Gasteiger partial charge in [-0.3, -0.25) is 0 Å². The Morgan fingerprint density at radius 1 is 1.50 bits per heavy atom. The van der Waals surface area contributed by atoms with Gasteiger partial charge in [-0.15, -0.1) is 0 Å². The van der Waals surface area contributed by atoms with Crippen LogP contribution in [0.15, 0.2) is 36.0 Å². The molecule has 0 saturated carbocycles. The van der Waals surface area contributed by atoms with Crippen molar-refractivity contribution in [1.82, 2.24) is 0 Å². The molecule has 0 spiro atoms. The fourth-order valence-electron chi connectivity index (χ4n) is 1.06. The van der Waals surface area contributed by atoms with Crippen molar-refractivity contribution >= 4 is 11.8 Å². The van der Waals surface area contributed by atoms with Gasteiger partial charge in [0.25, 0.3) is 0 Å². The Kier molecular flexibility index (Phi) is 2.64. The molecule has 1 aromatic carbocycles. The van der Waals surface area contributed by atoms with Gasteiger partial charge in [0.05, 0.1) is 5.71 Å². The van der Waals surface area contributed by atoms with E-state index in [0.29, 0.717) is 5.71 Å². The van der Waals surface area contributed by atoms with Gasteiger partial charge in [0.1, 0.15) is 0 Å². The number of rotatable bonds is 2. The first-order chi connectivity index (χ1) is 5.79. The molecule has 0 unspecified atom stereocenters. The molecular weight excluding hydrogens is 150 g/mol. The molecule has 1 rings (SSSR count). The van der Waals surface area contributed by atoms with Gasteiger partial charge >= 0.3 is 0 Å². The maximum atomic E-state index is 8.56. The molecule has 2 heteroatoms. The number of benzene rings is 1. The normalized spacial score (nSPS) is 11.2. The van der Waals surface area contributed by atoms with Crippen molar-refractivity contribution in [2.75, 3.05) is 0 Å². The number of hydrogen-bond acceptors (Lipinski definition) is 2. The average Bonchev–Trinajstić information content (AvgIpc) is 2.16. The maximum Gasteiger partial charge on any atom is 0.0842 e. The molecule has 0 radical (unpaired) electrons. The van der Waals surface area contributed by atoms with Crippen LogP contribution in [0.4, 0.5) is 0 Å². The lowest BCUT2D eigenvalue weighted by Gasteiger charge is -2.02. The summed E-state index contributed by atoms with van der Waals surface area (Å²) in [6, 6.07) is 7.64. The van der Waals surface area contributed by atoms with E-state index in [1.54, 1.807) is 13.0 Å². The number of oxime groups is 1. The quantitative estimate of drug-likeness (QED) is 0.403. The average molecular weight is 161 g/mol. The molecule has 0 fully saturated rings. The van der Waals surface area contributed by atoms with E-state index in [0.717, 1.165) is 11.1 Å². The topological polar surface area (TPSA) is 32.6 Å². The molecular formula is C10H11NO. The maximum absolute atomic E-state index is 8.56. The Morgan fingerprint density at radius 2 is 2.17 bits per heavy atom. The third kappa shape index (κ3) is 1.53. The molecule has 0 aliphatic carbocycles. The van der Waals surface area contributed by atoms with Crippen LogP contribution in [0.25, 0.3) is 6.08 Å². The van der Waals surface area contributed by atoms with Crippen LogP contribution in [0.3, 0.4) is 0 Å². The molecule has 0 saturated heterocycles. The van der Waals surface area contributed by atoms with Gasteiger partial charge in [-0.2, -0.15) is 0 Å². The van der Waals surface area contributed by atoms with Gasteiger partial charge in [-0.05, 0) is 12.5 Å². The predicted octanol–water partition coefficient (Wildman–Crippen LogP) is 2.53. The molecule has 0 aromatic heterocycles. The first-order valence-electron chi connectivity index (χ1n) is 3.70. The van der Waals surface area contributed by atoms with Gasteiger partial charge in [0.2, 0.25) is 0 Å². The highest BCUT2D eigenvalue weighted by atomic mass is 16.4. The highest BCUT2D eigenvalue weighted by molar-refractivity contribution is 6.01. The van der Waals surface area contributed by atoms with E-state index in [9.17, 15) is 0 Å². The molecule has 0 atom stereocenters. The van der Waals surface area contributed by atoms with Crippen LogP contribution in [0.1, 0.15) is 18.1 Å². The molecule has 12 heavy (non-hydrogen) atoms. The Balaban J connectivity index is 3.22. The van der Waals surface area contributed by atoms with Gasteiger partial charge in [-0.25, -0.2) is 0 Å². The predicted molar refractivity (Wildman–Crippen MR) is 50.5 cm³/mol. The Morgan fingerprint density at radius 3 is 2.75 bits per heavy atom. The summed E-state index contributed by atoms with van der Waals surface area (Å²) in [6.07, 6.45) is 1.74. The van der Waals surface area contributed by atoms with E-state index >= 15 is 0 Å². The molecule has 0 aliphatic heterocycles. The van der Waals surface area contributed by atoms with Crippen LogP contribution >= 0.6 is 0 Å². The molecule has 0 aliphatic rings. The second-order valence-corrected chi connectivity index (χ2v) is 2.48. The largest absolute Gasteiger partial charge is 0.411 e. The molecule has 1 aromatic rings. The smallest absolute Gasteiger partial charge is 0.0842 e. The van der Waals surface area contributed by atoms with Crippen molar-refractivity contribution in [2.24, 2.45) is 5.16 Å². The molecule has 0 amide bonds. The van der Waals surface area contributed by atoms with Crippen LogP contribution in [0, 0.1) is 0 Å². The van der Waals surface area contributed by atoms with E-state index in [1.807, 2.05) is 24.3 Å². The van der Waals surface area contributed by atoms with E-state index in [-0.39, 0.29) is 0 Å². The van der Waals surface area contributed by atoms with Crippen molar-refractivity contribution in [1.29, 1.82) is 0 Å². The zero-order valence-corrected chi connectivity index (χ0v) is 6.99. The number of hydrogen-bond donors (Lipinski definition) is 1. The Bertz CT molecular complexity index is 315. The zero-order valence-electron chi connectivity index (χ0n) is 6.99. The molecule has 62 valence electrons. The third-order valence-corrected chi connectivity index (χ3v) is 1.72. The summed E-state index contributed by atoms with van der Waals surface area (Å²) in [5, 5.41) is 11.7. The van der Waals surface area contributed by atoms with Gasteiger partial charge in [0.15, 0.2) is 0 Å². The molecule has 0 bridgehead atoms. The van der Waals surface area contributed by atoms with Crippen molar-refractivity contribution < 1.29 is 5.21 Å². The van der Waals surface area contributed by atoms with Crippen LogP contribution in [-0.2, 0) is 0 Å². The van der Waals surface area contributed by atoms with Crippen LogP contribution < -0.4 is 0 Å². The first kappa shape index (κ1) is 8.53. The van der Waals surface area contributed by atoms with E-state index in [2.05, 4.69) is 11.7 Å². The summed E-state index contributed by atoms with van der Waals surface area (Å²) >= 11 is 0. The summed E-state index contributed by atoms with van der Waals surface area (Å²) in [4.78, 5) is 0.